The van der Waals surface area contributed by atoms with Gasteiger partial charge in [0.15, 0.2) is 0 Å². The highest BCUT2D eigenvalue weighted by molar-refractivity contribution is 7.80. The van der Waals surface area contributed by atoms with Crippen LogP contribution in [0.25, 0.3) is 0 Å². The van der Waals surface area contributed by atoms with Gasteiger partial charge in [-0.15, -0.1) is 0 Å². The molecule has 2 fully saturated rings. The molecule has 2 N–H and O–H groups in total. The van der Waals surface area contributed by atoms with E-state index in [2.05, 4.69) is 4.90 Å². The molecule has 3 nitrogen and oxygen atoms in total. The topological polar surface area (TPSA) is 38.5 Å². The molecule has 2 aliphatic rings. The normalized spacial score (nSPS) is 31.8. The predicted octanol–water partition coefficient (Wildman–Crippen LogP) is 1.70. The molecule has 2 aliphatic heterocycles. The lowest BCUT2D eigenvalue weighted by Gasteiger charge is -2.35. The molecule has 92 valence electrons. The molecule has 0 amide bonds. The average Bonchev–Trinajstić information content (AvgIpc) is 2.79. The fourth-order valence-electron chi connectivity index (χ4n) is 2.76. The molecule has 0 bridgehead atoms. The molecule has 0 aromatic rings. The highest BCUT2D eigenvalue weighted by atomic mass is 32.1. The third kappa shape index (κ3) is 3.15. The summed E-state index contributed by atoms with van der Waals surface area (Å²) < 4.78 is 5.65. The summed E-state index contributed by atoms with van der Waals surface area (Å²) in [6, 6.07) is 0.338. The minimum Gasteiger partial charge on any atom is -0.392 e. The number of nitrogens with two attached hydrogens (primary N) is 1. The van der Waals surface area contributed by atoms with E-state index in [0.29, 0.717) is 17.1 Å². The third-order valence-corrected chi connectivity index (χ3v) is 3.98. The van der Waals surface area contributed by atoms with E-state index in [1.54, 1.807) is 0 Å². The first-order valence-corrected chi connectivity index (χ1v) is 6.83. The van der Waals surface area contributed by atoms with E-state index in [1.807, 2.05) is 0 Å². The maximum absolute atomic E-state index is 5.80. The molecule has 0 radical (unpaired) electrons. The lowest BCUT2D eigenvalue weighted by Crippen LogP contribution is -2.47. The van der Waals surface area contributed by atoms with Crippen molar-refractivity contribution < 1.29 is 4.74 Å². The number of hydrogen-bond acceptors (Lipinski definition) is 3. The van der Waals surface area contributed by atoms with Gasteiger partial charge >= 0.3 is 0 Å². The zero-order chi connectivity index (χ0) is 11.4. The van der Waals surface area contributed by atoms with Gasteiger partial charge in [0.2, 0.25) is 0 Å². The molecule has 0 aromatic heterocycles. The number of piperidine rings is 1. The first-order valence-electron chi connectivity index (χ1n) is 6.42. The Morgan fingerprint density at radius 3 is 2.88 bits per heavy atom. The SMILES string of the molecule is NC(=S)C1CCCCN1CCC1CCCO1. The largest absolute Gasteiger partial charge is 0.392 e. The molecule has 2 rings (SSSR count). The van der Waals surface area contributed by atoms with E-state index in [-0.39, 0.29) is 0 Å². The van der Waals surface area contributed by atoms with Crippen molar-refractivity contribution in [2.24, 2.45) is 5.73 Å². The van der Waals surface area contributed by atoms with Crippen LogP contribution in [0.15, 0.2) is 0 Å². The summed E-state index contributed by atoms with van der Waals surface area (Å²) in [5, 5.41) is 0. The number of ether oxygens (including phenoxy) is 1. The van der Waals surface area contributed by atoms with Crippen molar-refractivity contribution in [3.63, 3.8) is 0 Å². The van der Waals surface area contributed by atoms with E-state index >= 15 is 0 Å². The first kappa shape index (κ1) is 12.3. The number of hydrogen-bond donors (Lipinski definition) is 1. The summed E-state index contributed by atoms with van der Waals surface area (Å²) in [4.78, 5) is 3.13. The van der Waals surface area contributed by atoms with Crippen molar-refractivity contribution in [1.29, 1.82) is 0 Å². The Bertz CT molecular complexity index is 241. The Morgan fingerprint density at radius 2 is 2.19 bits per heavy atom. The summed E-state index contributed by atoms with van der Waals surface area (Å²) >= 11 is 5.15. The second-order valence-electron chi connectivity index (χ2n) is 4.87. The zero-order valence-electron chi connectivity index (χ0n) is 9.86. The van der Waals surface area contributed by atoms with E-state index in [0.717, 1.165) is 32.5 Å². The summed E-state index contributed by atoms with van der Waals surface area (Å²) in [5.74, 6) is 0. The van der Waals surface area contributed by atoms with Crippen LogP contribution in [0, 0.1) is 0 Å². The molecule has 2 saturated heterocycles. The van der Waals surface area contributed by atoms with E-state index in [4.69, 9.17) is 22.7 Å². The molecule has 2 heterocycles. The maximum atomic E-state index is 5.80. The number of nitrogens with zero attached hydrogens (tertiary/aromatic N) is 1. The van der Waals surface area contributed by atoms with E-state index in [9.17, 15) is 0 Å². The fraction of sp³-hybridized carbons (Fsp3) is 0.917. The Hall–Kier alpha value is -0.190. The van der Waals surface area contributed by atoms with Crippen LogP contribution in [0.2, 0.25) is 0 Å². The second-order valence-corrected chi connectivity index (χ2v) is 5.35. The van der Waals surface area contributed by atoms with Crippen LogP contribution in [0.5, 0.6) is 0 Å². The minimum absolute atomic E-state index is 0.338. The van der Waals surface area contributed by atoms with Gasteiger partial charge in [-0.2, -0.15) is 0 Å². The standard InChI is InChI=1S/C12H22N2OS/c13-12(16)11-5-1-2-7-14(11)8-6-10-4-3-9-15-10/h10-11H,1-9H2,(H2,13,16). The van der Waals surface area contributed by atoms with Crippen LogP contribution in [0.1, 0.15) is 38.5 Å². The van der Waals surface area contributed by atoms with Crippen LogP contribution >= 0.6 is 12.2 Å². The summed E-state index contributed by atoms with van der Waals surface area (Å²) in [5.41, 5.74) is 5.80. The van der Waals surface area contributed by atoms with Gasteiger partial charge in [-0.25, -0.2) is 0 Å². The fourth-order valence-corrected chi connectivity index (χ4v) is 3.03. The van der Waals surface area contributed by atoms with Gasteiger partial charge < -0.3 is 10.5 Å². The minimum atomic E-state index is 0.338. The quantitative estimate of drug-likeness (QED) is 0.762. The van der Waals surface area contributed by atoms with Gasteiger partial charge in [-0.1, -0.05) is 18.6 Å². The highest BCUT2D eigenvalue weighted by Gasteiger charge is 2.25. The van der Waals surface area contributed by atoms with Gasteiger partial charge in [0.25, 0.3) is 0 Å². The number of rotatable bonds is 4. The van der Waals surface area contributed by atoms with Crippen molar-refractivity contribution in [3.05, 3.63) is 0 Å². The Balaban J connectivity index is 1.78. The molecule has 0 aliphatic carbocycles. The Labute approximate surface area is 103 Å². The molecule has 0 aromatic carbocycles. The van der Waals surface area contributed by atoms with E-state index < -0.39 is 0 Å². The molecular formula is C12H22N2OS. The van der Waals surface area contributed by atoms with Gasteiger partial charge in [-0.3, -0.25) is 4.90 Å². The van der Waals surface area contributed by atoms with Crippen LogP contribution in [0.4, 0.5) is 0 Å². The monoisotopic (exact) mass is 242 g/mol. The maximum Gasteiger partial charge on any atom is 0.0902 e. The lowest BCUT2D eigenvalue weighted by atomic mass is 10.0. The Kier molecular flexibility index (Phi) is 4.55. The number of thiocarbonyl (C=S) groups is 1. The van der Waals surface area contributed by atoms with Crippen LogP contribution < -0.4 is 5.73 Å². The second kappa shape index (κ2) is 5.94. The van der Waals surface area contributed by atoms with Crippen molar-refractivity contribution in [2.45, 2.75) is 50.7 Å². The van der Waals surface area contributed by atoms with Crippen LogP contribution in [-0.2, 0) is 4.74 Å². The first-order chi connectivity index (χ1) is 7.77. The van der Waals surface area contributed by atoms with E-state index in [1.165, 1.54) is 25.7 Å². The van der Waals surface area contributed by atoms with Gasteiger partial charge in [0.05, 0.1) is 17.1 Å². The lowest BCUT2D eigenvalue weighted by molar-refractivity contribution is 0.0843. The molecule has 2 atom stereocenters. The molecule has 2 unspecified atom stereocenters. The highest BCUT2D eigenvalue weighted by Crippen LogP contribution is 2.20. The summed E-state index contributed by atoms with van der Waals surface area (Å²) in [6.07, 6.45) is 7.76. The molecule has 0 spiro atoms. The number of likely N-dealkylation sites (tertiary alicyclic amines) is 1. The summed E-state index contributed by atoms with van der Waals surface area (Å²) in [7, 11) is 0. The Morgan fingerprint density at radius 1 is 1.31 bits per heavy atom. The van der Waals surface area contributed by atoms with Crippen molar-refractivity contribution in [3.8, 4) is 0 Å². The molecular weight excluding hydrogens is 220 g/mol. The molecule has 0 saturated carbocycles. The average molecular weight is 242 g/mol. The third-order valence-electron chi connectivity index (χ3n) is 3.70. The molecule has 4 heteroatoms. The van der Waals surface area contributed by atoms with Gasteiger partial charge in [-0.05, 0) is 38.6 Å². The van der Waals surface area contributed by atoms with Crippen molar-refractivity contribution >= 4 is 17.2 Å². The van der Waals surface area contributed by atoms with Crippen LogP contribution in [-0.4, -0.2) is 41.7 Å². The predicted molar refractivity (Wildman–Crippen MR) is 69.6 cm³/mol. The van der Waals surface area contributed by atoms with Crippen molar-refractivity contribution in [2.75, 3.05) is 19.7 Å². The van der Waals surface area contributed by atoms with Gasteiger partial charge in [0, 0.05) is 13.2 Å². The van der Waals surface area contributed by atoms with Crippen molar-refractivity contribution in [1.82, 2.24) is 4.90 Å². The smallest absolute Gasteiger partial charge is 0.0902 e. The molecule has 16 heavy (non-hydrogen) atoms. The van der Waals surface area contributed by atoms with Gasteiger partial charge in [0.1, 0.15) is 0 Å². The summed E-state index contributed by atoms with van der Waals surface area (Å²) in [6.45, 7) is 3.19. The van der Waals surface area contributed by atoms with Crippen LogP contribution in [0.3, 0.4) is 0 Å². The zero-order valence-corrected chi connectivity index (χ0v) is 10.7.